The van der Waals surface area contributed by atoms with E-state index in [1.54, 1.807) is 97.1 Å². The van der Waals surface area contributed by atoms with E-state index >= 15 is 0 Å². The first-order valence-electron chi connectivity index (χ1n) is 11.6. The topological polar surface area (TPSA) is 108 Å². The Hall–Kier alpha value is -5.24. The van der Waals surface area contributed by atoms with E-state index in [4.69, 9.17) is 0 Å². The van der Waals surface area contributed by atoms with Crippen LogP contribution in [0.15, 0.2) is 103 Å². The third kappa shape index (κ3) is 5.23. The number of amides is 4. The zero-order chi connectivity index (χ0) is 25.8. The van der Waals surface area contributed by atoms with E-state index in [-0.39, 0.29) is 30.2 Å². The molecule has 1 heterocycles. The molecule has 0 saturated heterocycles. The molecule has 0 aromatic heterocycles. The molecule has 1 aliphatic heterocycles. The van der Waals surface area contributed by atoms with E-state index in [1.165, 1.54) is 4.90 Å². The van der Waals surface area contributed by atoms with Crippen LogP contribution in [-0.4, -0.2) is 30.2 Å². The van der Waals surface area contributed by atoms with Crippen LogP contribution in [0.5, 0.6) is 0 Å². The zero-order valence-corrected chi connectivity index (χ0v) is 19.6. The van der Waals surface area contributed by atoms with Crippen LogP contribution in [-0.2, 0) is 4.79 Å². The zero-order valence-electron chi connectivity index (χ0n) is 19.6. The predicted molar refractivity (Wildman–Crippen MR) is 142 cm³/mol. The van der Waals surface area contributed by atoms with Gasteiger partial charge in [0.15, 0.2) is 0 Å². The third-order valence-electron chi connectivity index (χ3n) is 5.85. The molecule has 182 valence electrons. The molecule has 4 amide bonds. The van der Waals surface area contributed by atoms with Crippen molar-refractivity contribution in [3.8, 4) is 0 Å². The molecule has 3 N–H and O–H groups in total. The molecule has 4 aromatic carbocycles. The van der Waals surface area contributed by atoms with Crippen LogP contribution in [0.25, 0.3) is 0 Å². The molecule has 0 aliphatic carbocycles. The molecule has 8 nitrogen and oxygen atoms in total. The molecular weight excluding hydrogens is 468 g/mol. The lowest BCUT2D eigenvalue weighted by Crippen LogP contribution is -2.42. The number of carbonyl (C=O) groups is 4. The summed E-state index contributed by atoms with van der Waals surface area (Å²) in [6.45, 7) is -0.0733. The van der Waals surface area contributed by atoms with Crippen molar-refractivity contribution < 1.29 is 19.2 Å². The van der Waals surface area contributed by atoms with Gasteiger partial charge in [-0.25, -0.2) is 0 Å². The smallest absolute Gasteiger partial charge is 0.258 e. The Morgan fingerprint density at radius 3 is 1.76 bits per heavy atom. The average molecular weight is 491 g/mol. The fraction of sp³-hybridized carbons (Fsp3) is 0.0345. The Morgan fingerprint density at radius 1 is 0.622 bits per heavy atom. The molecule has 0 unspecified atom stereocenters. The second-order valence-corrected chi connectivity index (χ2v) is 8.39. The van der Waals surface area contributed by atoms with Crippen molar-refractivity contribution in [1.29, 1.82) is 0 Å². The Morgan fingerprint density at radius 2 is 1.14 bits per heavy atom. The molecule has 0 bridgehead atoms. The van der Waals surface area contributed by atoms with Gasteiger partial charge in [0.25, 0.3) is 17.7 Å². The van der Waals surface area contributed by atoms with Crippen molar-refractivity contribution in [3.05, 3.63) is 120 Å². The molecule has 0 atom stereocenters. The number of rotatable bonds is 5. The van der Waals surface area contributed by atoms with E-state index < -0.39 is 0 Å². The summed E-state index contributed by atoms with van der Waals surface area (Å²) < 4.78 is 0. The number of hydrogen-bond donors (Lipinski definition) is 3. The molecule has 1 aliphatic rings. The highest BCUT2D eigenvalue weighted by atomic mass is 16.2. The van der Waals surface area contributed by atoms with Gasteiger partial charge >= 0.3 is 0 Å². The summed E-state index contributed by atoms with van der Waals surface area (Å²) in [5, 5.41) is 8.35. The van der Waals surface area contributed by atoms with Crippen molar-refractivity contribution in [2.45, 2.75) is 0 Å². The number of hydrogen-bond acceptors (Lipinski definition) is 4. The van der Waals surface area contributed by atoms with Gasteiger partial charge in [0.2, 0.25) is 5.91 Å². The van der Waals surface area contributed by atoms with Crippen molar-refractivity contribution in [2.24, 2.45) is 0 Å². The van der Waals surface area contributed by atoms with Gasteiger partial charge in [0, 0.05) is 28.1 Å². The number of anilines is 4. The first kappa shape index (κ1) is 23.5. The van der Waals surface area contributed by atoms with Crippen LogP contribution in [0.1, 0.15) is 31.1 Å². The maximum Gasteiger partial charge on any atom is 0.258 e. The molecule has 4 aromatic rings. The highest BCUT2D eigenvalue weighted by Gasteiger charge is 2.27. The van der Waals surface area contributed by atoms with Crippen molar-refractivity contribution in [2.75, 3.05) is 27.4 Å². The number of nitrogens with zero attached hydrogens (tertiary/aromatic N) is 1. The van der Waals surface area contributed by atoms with Crippen molar-refractivity contribution in [1.82, 2.24) is 0 Å². The highest BCUT2D eigenvalue weighted by molar-refractivity contribution is 6.15. The number of nitrogens with one attached hydrogen (secondary N) is 3. The van der Waals surface area contributed by atoms with Crippen LogP contribution in [0.4, 0.5) is 22.7 Å². The minimum Gasteiger partial charge on any atom is -0.323 e. The second kappa shape index (κ2) is 10.2. The van der Waals surface area contributed by atoms with E-state index in [1.807, 2.05) is 6.07 Å². The van der Waals surface area contributed by atoms with Gasteiger partial charge in [0.1, 0.15) is 6.54 Å². The molecule has 5 rings (SSSR count). The summed E-state index contributed by atoms with van der Waals surface area (Å²) in [5.41, 5.74) is 3.64. The van der Waals surface area contributed by atoms with E-state index in [9.17, 15) is 19.2 Å². The fourth-order valence-electron chi connectivity index (χ4n) is 3.97. The number of para-hydroxylation sites is 2. The lowest BCUT2D eigenvalue weighted by molar-refractivity contribution is -0.115. The summed E-state index contributed by atoms with van der Waals surface area (Å²) in [6, 6.07) is 29.0. The van der Waals surface area contributed by atoms with Crippen LogP contribution in [0.2, 0.25) is 0 Å². The minimum absolute atomic E-state index is 0.0733. The summed E-state index contributed by atoms with van der Waals surface area (Å²) in [5.74, 6) is -1.14. The van der Waals surface area contributed by atoms with Gasteiger partial charge in [0.05, 0.1) is 11.4 Å². The third-order valence-corrected chi connectivity index (χ3v) is 5.85. The van der Waals surface area contributed by atoms with Crippen molar-refractivity contribution >= 4 is 46.4 Å². The van der Waals surface area contributed by atoms with Gasteiger partial charge in [-0.15, -0.1) is 0 Å². The molecule has 0 saturated carbocycles. The Kier molecular flexibility index (Phi) is 6.46. The molecule has 0 spiro atoms. The number of fused-ring (bicyclic) bond motifs is 1. The first-order chi connectivity index (χ1) is 18.0. The molecule has 37 heavy (non-hydrogen) atoms. The van der Waals surface area contributed by atoms with Crippen molar-refractivity contribution in [3.63, 3.8) is 0 Å². The summed E-state index contributed by atoms with van der Waals surface area (Å²) in [7, 11) is 0. The SMILES string of the molecule is O=C1CN(C(=O)c2ccc(NC(=O)c3ccc(NC(=O)c4ccccc4)cc3)cc2)c2ccccc2N1. The highest BCUT2D eigenvalue weighted by Crippen LogP contribution is 2.30. The van der Waals surface area contributed by atoms with Crippen LogP contribution >= 0.6 is 0 Å². The number of carbonyl (C=O) groups excluding carboxylic acids is 4. The largest absolute Gasteiger partial charge is 0.323 e. The fourth-order valence-corrected chi connectivity index (χ4v) is 3.97. The predicted octanol–water partition coefficient (Wildman–Crippen LogP) is 4.79. The standard InChI is InChI=1S/C29H22N4O4/c34-26-18-33(25-9-5-4-8-24(25)32-26)29(37)21-12-16-23(17-13-21)31-28(36)20-10-14-22(15-11-20)30-27(35)19-6-2-1-3-7-19/h1-17H,18H2,(H,30,35)(H,31,36)(H,32,34). The average Bonchev–Trinajstić information content (AvgIpc) is 2.93. The van der Waals surface area contributed by atoms with Gasteiger partial charge in [-0.05, 0) is 72.8 Å². The molecule has 0 radical (unpaired) electrons. The quantitative estimate of drug-likeness (QED) is 0.374. The van der Waals surface area contributed by atoms with Crippen LogP contribution in [0, 0.1) is 0 Å². The van der Waals surface area contributed by atoms with Crippen LogP contribution in [0.3, 0.4) is 0 Å². The molecule has 0 fully saturated rings. The molecular formula is C29H22N4O4. The first-order valence-corrected chi connectivity index (χ1v) is 11.6. The Bertz CT molecular complexity index is 1480. The summed E-state index contributed by atoms with van der Waals surface area (Å²) in [4.78, 5) is 51.5. The summed E-state index contributed by atoms with van der Waals surface area (Å²) >= 11 is 0. The monoisotopic (exact) mass is 490 g/mol. The number of benzene rings is 4. The normalized spacial score (nSPS) is 12.2. The Labute approximate surface area is 212 Å². The Balaban J connectivity index is 1.22. The maximum absolute atomic E-state index is 13.1. The lowest BCUT2D eigenvalue weighted by Gasteiger charge is -2.29. The second-order valence-electron chi connectivity index (χ2n) is 8.39. The van der Waals surface area contributed by atoms with E-state index in [0.717, 1.165) is 0 Å². The van der Waals surface area contributed by atoms with Gasteiger partial charge in [-0.1, -0.05) is 30.3 Å². The maximum atomic E-state index is 13.1. The minimum atomic E-state index is -0.332. The molecule has 8 heteroatoms. The van der Waals surface area contributed by atoms with Gasteiger partial charge < -0.3 is 16.0 Å². The van der Waals surface area contributed by atoms with Crippen LogP contribution < -0.4 is 20.9 Å². The van der Waals surface area contributed by atoms with E-state index in [2.05, 4.69) is 16.0 Å². The lowest BCUT2D eigenvalue weighted by atomic mass is 10.1. The summed E-state index contributed by atoms with van der Waals surface area (Å²) in [6.07, 6.45) is 0. The van der Waals surface area contributed by atoms with Gasteiger partial charge in [-0.2, -0.15) is 0 Å². The van der Waals surface area contributed by atoms with E-state index in [0.29, 0.717) is 39.4 Å². The van der Waals surface area contributed by atoms with Gasteiger partial charge in [-0.3, -0.25) is 24.1 Å².